The maximum Gasteiger partial charge on any atom is 0.237 e. The van der Waals surface area contributed by atoms with E-state index >= 15 is 0 Å². The molecule has 146 valence electrons. The normalized spacial score (nSPS) is 23.0. The van der Waals surface area contributed by atoms with Gasteiger partial charge < -0.3 is 10.1 Å². The molecular weight excluding hydrogens is 366 g/mol. The molecule has 1 aromatic carbocycles. The molecule has 2 aliphatic carbocycles. The molecule has 1 aromatic heterocycles. The summed E-state index contributed by atoms with van der Waals surface area (Å²) in [6.45, 7) is 6.58. The standard InChI is InChI=1S/C22H21N5O2/c1-4-29-14-7-5-13(6-8-14)25-20(28)22-10-9-15(21(22,2)3)18-19(22)27-17(12-24)16(11-23)26-18/h5-8,15H,4,9-10H2,1-3H3,(H,25,28). The monoisotopic (exact) mass is 387 g/mol. The Balaban J connectivity index is 1.76. The van der Waals surface area contributed by atoms with Crippen molar-refractivity contribution in [3.05, 3.63) is 47.0 Å². The lowest BCUT2D eigenvalue weighted by Crippen LogP contribution is -2.46. The van der Waals surface area contributed by atoms with Gasteiger partial charge in [0.25, 0.3) is 0 Å². The van der Waals surface area contributed by atoms with Crippen molar-refractivity contribution >= 4 is 11.6 Å². The second-order valence-electron chi connectivity index (χ2n) is 8.01. The summed E-state index contributed by atoms with van der Waals surface area (Å²) in [7, 11) is 0. The van der Waals surface area contributed by atoms with Crippen LogP contribution in [0.3, 0.4) is 0 Å². The van der Waals surface area contributed by atoms with Crippen LogP contribution in [0.1, 0.15) is 62.3 Å². The molecule has 2 aromatic rings. The number of nitriles is 2. The zero-order valence-electron chi connectivity index (χ0n) is 16.6. The van der Waals surface area contributed by atoms with E-state index in [0.717, 1.165) is 12.2 Å². The van der Waals surface area contributed by atoms with Crippen LogP contribution < -0.4 is 10.1 Å². The van der Waals surface area contributed by atoms with Crippen LogP contribution in [0.5, 0.6) is 5.75 Å². The smallest absolute Gasteiger partial charge is 0.237 e. The topological polar surface area (TPSA) is 112 Å². The van der Waals surface area contributed by atoms with Gasteiger partial charge >= 0.3 is 0 Å². The van der Waals surface area contributed by atoms with Gasteiger partial charge in [0, 0.05) is 11.6 Å². The predicted octanol–water partition coefficient (Wildman–Crippen LogP) is 3.41. The van der Waals surface area contributed by atoms with Crippen molar-refractivity contribution in [2.45, 2.75) is 44.9 Å². The van der Waals surface area contributed by atoms with Crippen LogP contribution in [0.15, 0.2) is 24.3 Å². The number of hydrogen-bond acceptors (Lipinski definition) is 6. The first kappa shape index (κ1) is 18.9. The molecule has 0 spiro atoms. The summed E-state index contributed by atoms with van der Waals surface area (Å²) in [6, 6.07) is 11.1. The molecule has 4 rings (SSSR count). The third kappa shape index (κ3) is 2.51. The van der Waals surface area contributed by atoms with Crippen molar-refractivity contribution in [1.82, 2.24) is 9.97 Å². The lowest BCUT2D eigenvalue weighted by Gasteiger charge is -2.36. The Hall–Kier alpha value is -3.45. The molecule has 0 aliphatic heterocycles. The van der Waals surface area contributed by atoms with Crippen molar-refractivity contribution in [2.24, 2.45) is 5.41 Å². The van der Waals surface area contributed by atoms with Crippen molar-refractivity contribution in [2.75, 3.05) is 11.9 Å². The van der Waals surface area contributed by atoms with E-state index in [1.165, 1.54) is 0 Å². The highest BCUT2D eigenvalue weighted by molar-refractivity contribution is 6.01. The zero-order chi connectivity index (χ0) is 20.8. The van der Waals surface area contributed by atoms with Crippen LogP contribution in [-0.4, -0.2) is 22.5 Å². The fraction of sp³-hybridized carbons (Fsp3) is 0.409. The number of benzene rings is 1. The van der Waals surface area contributed by atoms with Crippen LogP contribution in [0.2, 0.25) is 0 Å². The lowest BCUT2D eigenvalue weighted by molar-refractivity contribution is -0.124. The van der Waals surface area contributed by atoms with E-state index in [-0.39, 0.29) is 23.2 Å². The number of fused-ring (bicyclic) bond motifs is 5. The van der Waals surface area contributed by atoms with Crippen molar-refractivity contribution < 1.29 is 9.53 Å². The maximum absolute atomic E-state index is 13.6. The van der Waals surface area contributed by atoms with Crippen LogP contribution in [0, 0.1) is 28.1 Å². The van der Waals surface area contributed by atoms with Gasteiger partial charge in [-0.2, -0.15) is 10.5 Å². The van der Waals surface area contributed by atoms with Gasteiger partial charge in [-0.15, -0.1) is 0 Å². The molecule has 1 N–H and O–H groups in total. The summed E-state index contributed by atoms with van der Waals surface area (Å²) in [5.41, 5.74) is 0.572. The van der Waals surface area contributed by atoms with Gasteiger partial charge in [-0.1, -0.05) is 13.8 Å². The Morgan fingerprint density at radius 2 is 1.86 bits per heavy atom. The fourth-order valence-electron chi connectivity index (χ4n) is 4.96. The molecule has 0 saturated heterocycles. The van der Waals surface area contributed by atoms with Crippen LogP contribution >= 0.6 is 0 Å². The zero-order valence-corrected chi connectivity index (χ0v) is 16.6. The molecule has 1 heterocycles. The van der Waals surface area contributed by atoms with E-state index in [4.69, 9.17) is 4.74 Å². The molecule has 1 amide bonds. The molecule has 1 fully saturated rings. The van der Waals surface area contributed by atoms with Crippen molar-refractivity contribution in [3.63, 3.8) is 0 Å². The third-order valence-corrected chi connectivity index (χ3v) is 6.46. The largest absolute Gasteiger partial charge is 0.494 e. The van der Waals surface area contributed by atoms with E-state index in [2.05, 4.69) is 15.3 Å². The summed E-state index contributed by atoms with van der Waals surface area (Å²) in [4.78, 5) is 22.5. The second kappa shape index (κ2) is 6.56. The first-order chi connectivity index (χ1) is 13.9. The highest BCUT2D eigenvalue weighted by Gasteiger charge is 2.68. The summed E-state index contributed by atoms with van der Waals surface area (Å²) in [6.07, 6.45) is 1.42. The first-order valence-corrected chi connectivity index (χ1v) is 9.66. The number of nitrogens with zero attached hydrogens (tertiary/aromatic N) is 4. The van der Waals surface area contributed by atoms with E-state index < -0.39 is 10.8 Å². The number of anilines is 1. The molecular formula is C22H21N5O2. The van der Waals surface area contributed by atoms with Crippen LogP contribution in [-0.2, 0) is 10.2 Å². The number of amides is 1. The van der Waals surface area contributed by atoms with Crippen molar-refractivity contribution in [1.29, 1.82) is 10.5 Å². The second-order valence-corrected chi connectivity index (χ2v) is 8.01. The first-order valence-electron chi connectivity index (χ1n) is 9.66. The Morgan fingerprint density at radius 3 is 2.48 bits per heavy atom. The number of ether oxygens (including phenoxy) is 1. The minimum atomic E-state index is -0.891. The minimum absolute atomic E-state index is 0.0240. The highest BCUT2D eigenvalue weighted by Crippen LogP contribution is 2.67. The van der Waals surface area contributed by atoms with Gasteiger partial charge in [0.15, 0.2) is 11.4 Å². The molecule has 1 saturated carbocycles. The number of hydrogen-bond donors (Lipinski definition) is 1. The lowest BCUT2D eigenvalue weighted by atomic mass is 9.67. The molecule has 7 nitrogen and oxygen atoms in total. The van der Waals surface area contributed by atoms with E-state index in [1.807, 2.05) is 45.0 Å². The maximum atomic E-state index is 13.6. The molecule has 2 bridgehead atoms. The Bertz CT molecular complexity index is 1080. The van der Waals surface area contributed by atoms with Crippen LogP contribution in [0.4, 0.5) is 5.69 Å². The SMILES string of the molecule is CCOc1ccc(NC(=O)C23CCC(c4nc(C#N)c(C#N)nc42)C3(C)C)cc1. The van der Waals surface area contributed by atoms with E-state index in [9.17, 15) is 15.3 Å². The summed E-state index contributed by atoms with van der Waals surface area (Å²) >= 11 is 0. The molecule has 2 aliphatic rings. The Morgan fingerprint density at radius 1 is 1.21 bits per heavy atom. The number of aromatic nitrogens is 2. The Kier molecular flexibility index (Phi) is 4.28. The predicted molar refractivity (Wildman–Crippen MR) is 105 cm³/mol. The third-order valence-electron chi connectivity index (χ3n) is 6.46. The van der Waals surface area contributed by atoms with Gasteiger partial charge in [-0.25, -0.2) is 9.97 Å². The van der Waals surface area contributed by atoms with Crippen LogP contribution in [0.25, 0.3) is 0 Å². The number of nitrogens with one attached hydrogen (secondary N) is 1. The minimum Gasteiger partial charge on any atom is -0.494 e. The summed E-state index contributed by atoms with van der Waals surface area (Å²) in [5.74, 6) is 0.608. The van der Waals surface area contributed by atoms with Gasteiger partial charge in [0.1, 0.15) is 17.9 Å². The van der Waals surface area contributed by atoms with E-state index in [0.29, 0.717) is 30.1 Å². The quantitative estimate of drug-likeness (QED) is 0.860. The Labute approximate surface area is 169 Å². The van der Waals surface area contributed by atoms with Gasteiger partial charge in [0.2, 0.25) is 5.91 Å². The van der Waals surface area contributed by atoms with Gasteiger partial charge in [-0.3, -0.25) is 4.79 Å². The summed E-state index contributed by atoms with van der Waals surface area (Å²) < 4.78 is 5.45. The van der Waals surface area contributed by atoms with E-state index in [1.54, 1.807) is 12.1 Å². The molecule has 2 atom stereocenters. The van der Waals surface area contributed by atoms with Gasteiger partial charge in [-0.05, 0) is 49.4 Å². The number of rotatable bonds is 4. The van der Waals surface area contributed by atoms with Gasteiger partial charge in [0.05, 0.1) is 23.4 Å². The molecule has 0 radical (unpaired) electrons. The molecule has 2 unspecified atom stereocenters. The fourth-order valence-corrected chi connectivity index (χ4v) is 4.96. The number of carbonyl (C=O) groups is 1. The molecule has 7 heteroatoms. The number of carbonyl (C=O) groups excluding carboxylic acids is 1. The average Bonchev–Trinajstić information content (AvgIpc) is 3.10. The average molecular weight is 387 g/mol. The van der Waals surface area contributed by atoms with Crippen molar-refractivity contribution in [3.8, 4) is 17.9 Å². The molecule has 29 heavy (non-hydrogen) atoms. The highest BCUT2D eigenvalue weighted by atomic mass is 16.5. The summed E-state index contributed by atoms with van der Waals surface area (Å²) in [5, 5.41) is 21.7.